The maximum Gasteiger partial charge on any atom is 0.328 e. The zero-order chi connectivity index (χ0) is 11.3. The van der Waals surface area contributed by atoms with Gasteiger partial charge in [-0.2, -0.15) is 0 Å². The summed E-state index contributed by atoms with van der Waals surface area (Å²) in [7, 11) is 0. The average Bonchev–Trinajstić information content (AvgIpc) is 2.26. The molecule has 2 atom stereocenters. The highest BCUT2D eigenvalue weighted by molar-refractivity contribution is 5.87. The molecule has 0 radical (unpaired) electrons. The molecule has 0 aliphatic carbocycles. The van der Waals surface area contributed by atoms with Crippen molar-refractivity contribution >= 4 is 11.9 Å². The topological polar surface area (TPSA) is 98.7 Å². The number of rotatable bonds is 4. The third-order valence-corrected chi connectivity index (χ3v) is 2.42. The zero-order valence-corrected chi connectivity index (χ0v) is 8.40. The summed E-state index contributed by atoms with van der Waals surface area (Å²) in [6.45, 7) is 0.183. The minimum Gasteiger partial charge on any atom is -0.480 e. The number of carboxylic acids is 1. The van der Waals surface area contributed by atoms with E-state index in [4.69, 9.17) is 10.2 Å². The lowest BCUT2D eigenvalue weighted by atomic mass is 10.0. The van der Waals surface area contributed by atoms with Crippen LogP contribution in [-0.2, 0) is 9.59 Å². The van der Waals surface area contributed by atoms with E-state index in [9.17, 15) is 9.59 Å². The van der Waals surface area contributed by atoms with Gasteiger partial charge in [0.25, 0.3) is 0 Å². The molecule has 1 fully saturated rings. The van der Waals surface area contributed by atoms with E-state index in [0.29, 0.717) is 6.42 Å². The second-order valence-corrected chi connectivity index (χ2v) is 3.58. The summed E-state index contributed by atoms with van der Waals surface area (Å²) in [4.78, 5) is 22.1. The van der Waals surface area contributed by atoms with Gasteiger partial charge in [0, 0.05) is 0 Å². The lowest BCUT2D eigenvalue weighted by molar-refractivity contribution is -0.143. The molecule has 0 bridgehead atoms. The molecule has 0 aromatic heterocycles. The van der Waals surface area contributed by atoms with Crippen LogP contribution < -0.4 is 10.6 Å². The highest BCUT2D eigenvalue weighted by Crippen LogP contribution is 2.06. The van der Waals surface area contributed by atoms with Gasteiger partial charge in [0.05, 0.1) is 12.6 Å². The van der Waals surface area contributed by atoms with Crippen LogP contribution in [0.4, 0.5) is 0 Å². The highest BCUT2D eigenvalue weighted by Gasteiger charge is 2.25. The van der Waals surface area contributed by atoms with Crippen molar-refractivity contribution < 1.29 is 19.8 Å². The number of carbonyl (C=O) groups is 2. The zero-order valence-electron chi connectivity index (χ0n) is 8.40. The van der Waals surface area contributed by atoms with Gasteiger partial charge in [0.2, 0.25) is 5.91 Å². The molecular weight excluding hydrogens is 200 g/mol. The van der Waals surface area contributed by atoms with Gasteiger partial charge in [-0.05, 0) is 19.4 Å². The van der Waals surface area contributed by atoms with E-state index >= 15 is 0 Å². The van der Waals surface area contributed by atoms with Crippen LogP contribution in [0.2, 0.25) is 0 Å². The van der Waals surface area contributed by atoms with Crippen LogP contribution in [0.3, 0.4) is 0 Å². The van der Waals surface area contributed by atoms with Gasteiger partial charge in [0.1, 0.15) is 6.04 Å². The second-order valence-electron chi connectivity index (χ2n) is 3.58. The molecule has 1 aliphatic heterocycles. The molecule has 0 aromatic carbocycles. The Bertz CT molecular complexity index is 238. The number of hydrogen-bond donors (Lipinski definition) is 4. The third-order valence-electron chi connectivity index (χ3n) is 2.42. The largest absolute Gasteiger partial charge is 0.480 e. The Morgan fingerprint density at radius 3 is 2.67 bits per heavy atom. The van der Waals surface area contributed by atoms with E-state index in [1.165, 1.54) is 0 Å². The molecule has 0 saturated carbocycles. The monoisotopic (exact) mass is 216 g/mol. The van der Waals surface area contributed by atoms with Crippen molar-refractivity contribution in [2.75, 3.05) is 13.2 Å². The van der Waals surface area contributed by atoms with E-state index in [2.05, 4.69) is 10.6 Å². The van der Waals surface area contributed by atoms with Gasteiger partial charge in [-0.25, -0.2) is 4.79 Å². The van der Waals surface area contributed by atoms with Crippen LogP contribution in [0, 0.1) is 0 Å². The van der Waals surface area contributed by atoms with E-state index in [0.717, 1.165) is 19.4 Å². The Kier molecular flexibility index (Phi) is 4.51. The Hall–Kier alpha value is -1.14. The molecule has 1 saturated heterocycles. The van der Waals surface area contributed by atoms with Crippen molar-refractivity contribution in [3.05, 3.63) is 0 Å². The fraction of sp³-hybridized carbons (Fsp3) is 0.778. The van der Waals surface area contributed by atoms with E-state index in [-0.39, 0.29) is 11.9 Å². The van der Waals surface area contributed by atoms with Gasteiger partial charge in [-0.1, -0.05) is 6.42 Å². The number of carboxylic acid groups (broad SMARTS) is 1. The molecular formula is C9H16N2O4. The fourth-order valence-electron chi connectivity index (χ4n) is 1.53. The van der Waals surface area contributed by atoms with Crippen LogP contribution in [0.1, 0.15) is 19.3 Å². The summed E-state index contributed by atoms with van der Waals surface area (Å²) in [5, 5.41) is 22.6. The molecule has 1 amide bonds. The predicted molar refractivity (Wildman–Crippen MR) is 52.3 cm³/mol. The molecule has 1 rings (SSSR count). The molecule has 1 aliphatic rings. The number of aliphatic hydroxyl groups is 1. The van der Waals surface area contributed by atoms with Crippen LogP contribution in [-0.4, -0.2) is 47.3 Å². The van der Waals surface area contributed by atoms with Crippen LogP contribution in [0.15, 0.2) is 0 Å². The summed E-state index contributed by atoms with van der Waals surface area (Å²) in [5.41, 5.74) is 0. The van der Waals surface area contributed by atoms with Crippen molar-refractivity contribution in [1.29, 1.82) is 0 Å². The lowest BCUT2D eigenvalue weighted by Crippen LogP contribution is -2.52. The molecule has 0 spiro atoms. The molecule has 86 valence electrons. The minimum absolute atomic E-state index is 0.327. The molecule has 0 aromatic rings. The lowest BCUT2D eigenvalue weighted by Gasteiger charge is -2.23. The number of piperidine rings is 1. The summed E-state index contributed by atoms with van der Waals surface area (Å²) < 4.78 is 0. The van der Waals surface area contributed by atoms with Gasteiger partial charge in [0.15, 0.2) is 0 Å². The summed E-state index contributed by atoms with van der Waals surface area (Å²) >= 11 is 0. The maximum atomic E-state index is 11.5. The second kappa shape index (κ2) is 5.67. The van der Waals surface area contributed by atoms with Crippen LogP contribution in [0.5, 0.6) is 0 Å². The number of amides is 1. The molecule has 15 heavy (non-hydrogen) atoms. The number of nitrogens with one attached hydrogen (secondary N) is 2. The Morgan fingerprint density at radius 2 is 2.20 bits per heavy atom. The van der Waals surface area contributed by atoms with Crippen molar-refractivity contribution in [2.45, 2.75) is 31.3 Å². The molecule has 1 heterocycles. The van der Waals surface area contributed by atoms with Gasteiger partial charge >= 0.3 is 5.97 Å². The first-order valence-corrected chi connectivity index (χ1v) is 5.02. The smallest absolute Gasteiger partial charge is 0.328 e. The summed E-state index contributed by atoms with van der Waals surface area (Å²) in [5.74, 6) is -1.57. The first kappa shape index (κ1) is 11.9. The van der Waals surface area contributed by atoms with Crippen molar-refractivity contribution in [3.8, 4) is 0 Å². The van der Waals surface area contributed by atoms with E-state index in [1.54, 1.807) is 0 Å². The third kappa shape index (κ3) is 3.49. The Morgan fingerprint density at radius 1 is 1.47 bits per heavy atom. The van der Waals surface area contributed by atoms with Crippen LogP contribution in [0.25, 0.3) is 0 Å². The first-order chi connectivity index (χ1) is 7.15. The maximum absolute atomic E-state index is 11.5. The molecule has 4 N–H and O–H groups in total. The minimum atomic E-state index is -1.22. The number of aliphatic carboxylic acids is 1. The quantitative estimate of drug-likeness (QED) is 0.467. The highest BCUT2D eigenvalue weighted by atomic mass is 16.4. The first-order valence-electron chi connectivity index (χ1n) is 5.02. The van der Waals surface area contributed by atoms with E-state index < -0.39 is 18.6 Å². The summed E-state index contributed by atoms with van der Waals surface area (Å²) in [6.07, 6.45) is 2.71. The number of carbonyl (C=O) groups excluding carboxylic acids is 1. The van der Waals surface area contributed by atoms with Gasteiger partial charge in [-0.3, -0.25) is 4.79 Å². The average molecular weight is 216 g/mol. The van der Waals surface area contributed by atoms with Crippen LogP contribution >= 0.6 is 0 Å². The normalized spacial score (nSPS) is 23.1. The van der Waals surface area contributed by atoms with Gasteiger partial charge < -0.3 is 20.8 Å². The molecule has 6 nitrogen and oxygen atoms in total. The van der Waals surface area contributed by atoms with Crippen molar-refractivity contribution in [3.63, 3.8) is 0 Å². The SMILES string of the molecule is O=C(O)[C@H](CO)NC(=O)[C@@H]1CCCCN1. The number of hydrogen-bond acceptors (Lipinski definition) is 4. The Balaban J connectivity index is 2.42. The summed E-state index contributed by atoms with van der Waals surface area (Å²) in [6, 6.07) is -1.53. The van der Waals surface area contributed by atoms with Crippen molar-refractivity contribution in [2.24, 2.45) is 0 Å². The fourth-order valence-corrected chi connectivity index (χ4v) is 1.53. The standard InChI is InChI=1S/C9H16N2O4/c12-5-7(9(14)15)11-8(13)6-3-1-2-4-10-6/h6-7,10,12H,1-5H2,(H,11,13)(H,14,15)/t6-,7-/m0/s1. The Labute approximate surface area is 87.7 Å². The van der Waals surface area contributed by atoms with Crippen molar-refractivity contribution in [1.82, 2.24) is 10.6 Å². The van der Waals surface area contributed by atoms with Gasteiger partial charge in [-0.15, -0.1) is 0 Å². The van der Waals surface area contributed by atoms with E-state index in [1.807, 2.05) is 0 Å². The molecule has 6 heteroatoms. The molecule has 0 unspecified atom stereocenters. The number of aliphatic hydroxyl groups excluding tert-OH is 1. The predicted octanol–water partition coefficient (Wildman–Crippen LogP) is -1.31.